The first-order chi connectivity index (χ1) is 14.9. The minimum Gasteiger partial charge on any atom is -0.389 e. The smallest absolute Gasteiger partial charge is 0.322 e. The molecule has 0 bridgehead atoms. The maximum absolute atomic E-state index is 13.1. The summed E-state index contributed by atoms with van der Waals surface area (Å²) in [6.45, 7) is 3.89. The largest absolute Gasteiger partial charge is 0.389 e. The number of aliphatic hydroxyl groups excluding tert-OH is 1. The number of urea groups is 1. The molecule has 3 amide bonds. The van der Waals surface area contributed by atoms with E-state index in [0.717, 1.165) is 18.4 Å². The van der Waals surface area contributed by atoms with Crippen molar-refractivity contribution in [3.63, 3.8) is 0 Å². The van der Waals surface area contributed by atoms with Crippen LogP contribution in [0.15, 0.2) is 42.5 Å². The van der Waals surface area contributed by atoms with Crippen molar-refractivity contribution in [1.29, 1.82) is 5.26 Å². The lowest BCUT2D eigenvalue weighted by molar-refractivity contribution is 0.0308. The molecule has 160 valence electrons. The van der Waals surface area contributed by atoms with Crippen LogP contribution in [0.3, 0.4) is 0 Å². The summed E-state index contributed by atoms with van der Waals surface area (Å²) in [7, 11) is 0. The Kier molecular flexibility index (Phi) is 5.92. The summed E-state index contributed by atoms with van der Waals surface area (Å²) in [6.07, 6.45) is 1.31. The monoisotopic (exact) mass is 418 g/mol. The molecule has 2 saturated heterocycles. The van der Waals surface area contributed by atoms with Gasteiger partial charge < -0.3 is 20.2 Å². The minimum atomic E-state index is -0.452. The van der Waals surface area contributed by atoms with Gasteiger partial charge in [-0.05, 0) is 61.1 Å². The summed E-state index contributed by atoms with van der Waals surface area (Å²) in [5, 5.41) is 21.2. The predicted octanol–water partition coefficient (Wildman–Crippen LogP) is 3.09. The predicted molar refractivity (Wildman–Crippen MR) is 117 cm³/mol. The molecule has 2 heterocycles. The Bertz CT molecular complexity index is 1010. The number of benzene rings is 2. The maximum Gasteiger partial charge on any atom is 0.322 e. The molecule has 2 fully saturated rings. The van der Waals surface area contributed by atoms with E-state index >= 15 is 0 Å². The number of nitrogens with one attached hydrogen (secondary N) is 1. The number of nitrogens with zero attached hydrogens (tertiary/aromatic N) is 3. The van der Waals surface area contributed by atoms with E-state index in [2.05, 4.69) is 11.4 Å². The number of carbonyl (C=O) groups is 2. The molecular weight excluding hydrogens is 392 g/mol. The van der Waals surface area contributed by atoms with Gasteiger partial charge in [0.25, 0.3) is 5.91 Å². The Morgan fingerprint density at radius 1 is 1.06 bits per heavy atom. The number of aryl methyl sites for hydroxylation is 1. The Hall–Kier alpha value is -3.37. The third kappa shape index (κ3) is 4.54. The van der Waals surface area contributed by atoms with Crippen molar-refractivity contribution in [2.45, 2.75) is 31.8 Å². The summed E-state index contributed by atoms with van der Waals surface area (Å²) in [5.74, 6) is 0.352. The second-order valence-electron chi connectivity index (χ2n) is 8.32. The van der Waals surface area contributed by atoms with Crippen LogP contribution in [0, 0.1) is 18.3 Å². The van der Waals surface area contributed by atoms with Gasteiger partial charge in [-0.3, -0.25) is 4.79 Å². The first-order valence-electron chi connectivity index (χ1n) is 10.6. The van der Waals surface area contributed by atoms with Crippen molar-refractivity contribution in [3.05, 3.63) is 64.7 Å². The number of nitriles is 1. The zero-order chi connectivity index (χ0) is 22.0. The number of piperidine rings is 1. The number of likely N-dealkylation sites (tertiary alicyclic amines) is 2. The van der Waals surface area contributed by atoms with Gasteiger partial charge in [0.05, 0.1) is 30.8 Å². The van der Waals surface area contributed by atoms with Crippen LogP contribution in [0.5, 0.6) is 0 Å². The quantitative estimate of drug-likeness (QED) is 0.801. The molecule has 0 spiro atoms. The summed E-state index contributed by atoms with van der Waals surface area (Å²) < 4.78 is 0. The topological polar surface area (TPSA) is 96.7 Å². The van der Waals surface area contributed by atoms with Gasteiger partial charge in [0.2, 0.25) is 0 Å². The summed E-state index contributed by atoms with van der Waals surface area (Å²) in [5.41, 5.74) is 3.92. The Balaban J connectivity index is 1.38. The zero-order valence-corrected chi connectivity index (χ0v) is 17.5. The van der Waals surface area contributed by atoms with Crippen LogP contribution in [0.2, 0.25) is 0 Å². The third-order valence-corrected chi connectivity index (χ3v) is 6.17. The normalized spacial score (nSPS) is 17.1. The fraction of sp³-hybridized carbons (Fsp3) is 0.375. The molecule has 0 radical (unpaired) electrons. The lowest BCUT2D eigenvalue weighted by Gasteiger charge is -2.35. The van der Waals surface area contributed by atoms with Crippen molar-refractivity contribution in [2.75, 3.05) is 31.5 Å². The van der Waals surface area contributed by atoms with Crippen LogP contribution in [0.1, 0.15) is 45.8 Å². The molecule has 0 atom stereocenters. The molecule has 2 aliphatic heterocycles. The van der Waals surface area contributed by atoms with Crippen molar-refractivity contribution in [2.24, 2.45) is 0 Å². The number of β-amino-alcohol motifs (C(OH)–C–C–N with tert-alkyl or cyclic N) is 1. The minimum absolute atomic E-state index is 0.0341. The molecule has 7 nitrogen and oxygen atoms in total. The molecule has 4 rings (SSSR count). The van der Waals surface area contributed by atoms with Crippen LogP contribution in [-0.2, 0) is 0 Å². The molecule has 0 unspecified atom stereocenters. The number of aliphatic hydroxyl groups is 1. The van der Waals surface area contributed by atoms with Gasteiger partial charge in [-0.25, -0.2) is 4.79 Å². The van der Waals surface area contributed by atoms with Gasteiger partial charge in [0.15, 0.2) is 0 Å². The SMILES string of the molecule is Cc1ccc(C(=O)N2CCC(c3ccc(C#N)cc3)CC2)cc1NC(=O)N1CC(O)C1. The van der Waals surface area contributed by atoms with E-state index < -0.39 is 6.10 Å². The van der Waals surface area contributed by atoms with Crippen molar-refractivity contribution in [3.8, 4) is 6.07 Å². The summed E-state index contributed by atoms with van der Waals surface area (Å²) in [4.78, 5) is 28.7. The van der Waals surface area contributed by atoms with E-state index in [1.165, 1.54) is 10.5 Å². The Morgan fingerprint density at radius 2 is 1.74 bits per heavy atom. The van der Waals surface area contributed by atoms with Crippen LogP contribution >= 0.6 is 0 Å². The Labute approximate surface area is 181 Å². The lowest BCUT2D eigenvalue weighted by atomic mass is 9.89. The standard InChI is InChI=1S/C24H26N4O3/c1-16-2-5-20(12-22(16)26-24(31)28-14-21(29)15-28)23(30)27-10-8-19(9-11-27)18-6-3-17(13-25)4-7-18/h2-7,12,19,21,29H,8-11,14-15H2,1H3,(H,26,31). The van der Waals surface area contributed by atoms with E-state index in [1.54, 1.807) is 12.1 Å². The van der Waals surface area contributed by atoms with Gasteiger partial charge in [-0.2, -0.15) is 5.26 Å². The van der Waals surface area contributed by atoms with Gasteiger partial charge >= 0.3 is 6.03 Å². The molecule has 2 aromatic rings. The maximum atomic E-state index is 13.1. The second-order valence-corrected chi connectivity index (χ2v) is 8.32. The van der Waals surface area contributed by atoms with Crippen molar-refractivity contribution < 1.29 is 14.7 Å². The van der Waals surface area contributed by atoms with Crippen molar-refractivity contribution >= 4 is 17.6 Å². The number of hydrogen-bond acceptors (Lipinski definition) is 4. The van der Waals surface area contributed by atoms with E-state index in [1.807, 2.05) is 42.2 Å². The van der Waals surface area contributed by atoms with Crippen LogP contribution in [-0.4, -0.2) is 59.1 Å². The van der Waals surface area contributed by atoms with E-state index in [9.17, 15) is 14.7 Å². The first-order valence-corrected chi connectivity index (χ1v) is 10.6. The fourth-order valence-electron chi connectivity index (χ4n) is 4.13. The van der Waals surface area contributed by atoms with Crippen LogP contribution in [0.4, 0.5) is 10.5 Å². The number of hydrogen-bond donors (Lipinski definition) is 2. The van der Waals surface area contributed by atoms with Gasteiger partial charge in [0.1, 0.15) is 0 Å². The number of anilines is 1. The highest BCUT2D eigenvalue weighted by Gasteiger charge is 2.29. The van der Waals surface area contributed by atoms with Gasteiger partial charge in [-0.1, -0.05) is 18.2 Å². The average molecular weight is 418 g/mol. The second kappa shape index (κ2) is 8.78. The van der Waals surface area contributed by atoms with Gasteiger partial charge in [0, 0.05) is 24.3 Å². The van der Waals surface area contributed by atoms with Gasteiger partial charge in [-0.15, -0.1) is 0 Å². The number of amides is 3. The van der Waals surface area contributed by atoms with Crippen LogP contribution in [0.25, 0.3) is 0 Å². The van der Waals surface area contributed by atoms with Crippen molar-refractivity contribution in [1.82, 2.24) is 9.80 Å². The fourth-order valence-corrected chi connectivity index (χ4v) is 4.13. The molecule has 2 aromatic carbocycles. The highest BCUT2D eigenvalue weighted by Crippen LogP contribution is 2.29. The highest BCUT2D eigenvalue weighted by atomic mass is 16.3. The van der Waals surface area contributed by atoms with Crippen LogP contribution < -0.4 is 5.32 Å². The highest BCUT2D eigenvalue weighted by molar-refractivity contribution is 5.97. The summed E-state index contributed by atoms with van der Waals surface area (Å²) >= 11 is 0. The number of carbonyl (C=O) groups excluding carboxylic acids is 2. The van der Waals surface area contributed by atoms with E-state index in [0.29, 0.717) is 48.9 Å². The molecule has 2 N–H and O–H groups in total. The molecular formula is C24H26N4O3. The first kappa shape index (κ1) is 20.9. The molecule has 7 heteroatoms. The molecule has 0 aliphatic carbocycles. The third-order valence-electron chi connectivity index (χ3n) is 6.17. The van der Waals surface area contributed by atoms with E-state index in [-0.39, 0.29) is 11.9 Å². The number of rotatable bonds is 3. The molecule has 2 aliphatic rings. The Morgan fingerprint density at radius 3 is 2.35 bits per heavy atom. The summed E-state index contributed by atoms with van der Waals surface area (Å²) in [6, 6.07) is 15.0. The molecule has 0 aromatic heterocycles. The molecule has 31 heavy (non-hydrogen) atoms. The average Bonchev–Trinajstić information content (AvgIpc) is 2.78. The van der Waals surface area contributed by atoms with E-state index in [4.69, 9.17) is 5.26 Å². The zero-order valence-electron chi connectivity index (χ0n) is 17.5. The molecule has 0 saturated carbocycles. The lowest BCUT2D eigenvalue weighted by Crippen LogP contribution is -2.54.